The highest BCUT2D eigenvalue weighted by Crippen LogP contribution is 2.06. The molecule has 0 aliphatic rings. The molecule has 5 nitrogen and oxygen atoms in total. The number of hydrogen-bond acceptors (Lipinski definition) is 4. The summed E-state index contributed by atoms with van der Waals surface area (Å²) in [5.41, 5.74) is 0. The van der Waals surface area contributed by atoms with E-state index in [-0.39, 0.29) is 11.7 Å². The maximum atomic E-state index is 11.3. The van der Waals surface area contributed by atoms with E-state index in [1.54, 1.807) is 14.1 Å². The zero-order valence-electron chi connectivity index (χ0n) is 7.65. The number of amides is 1. The van der Waals surface area contributed by atoms with Gasteiger partial charge < -0.3 is 9.32 Å². The third kappa shape index (κ3) is 2.14. The van der Waals surface area contributed by atoms with Gasteiger partial charge in [-0.25, -0.2) is 4.98 Å². The molecule has 0 fully saturated rings. The van der Waals surface area contributed by atoms with Gasteiger partial charge in [0.2, 0.25) is 11.7 Å². The van der Waals surface area contributed by atoms with E-state index in [9.17, 15) is 4.79 Å². The summed E-state index contributed by atoms with van der Waals surface area (Å²) in [6.07, 6.45) is 1.39. The van der Waals surface area contributed by atoms with Gasteiger partial charge in [0, 0.05) is 14.1 Å². The lowest BCUT2D eigenvalue weighted by Crippen LogP contribution is -2.20. The highest BCUT2D eigenvalue weighted by atomic mass is 16.4. The van der Waals surface area contributed by atoms with E-state index in [1.807, 2.05) is 0 Å². The lowest BCUT2D eigenvalue weighted by molar-refractivity contribution is 0.0795. The number of aromatic nitrogens is 1. The topological polar surface area (TPSA) is 58.7 Å². The fourth-order valence-electron chi connectivity index (χ4n) is 0.798. The summed E-state index contributed by atoms with van der Waals surface area (Å²) in [6.45, 7) is 3.59. The zero-order chi connectivity index (χ0) is 9.84. The van der Waals surface area contributed by atoms with E-state index in [0.29, 0.717) is 12.4 Å². The first-order valence-electron chi connectivity index (χ1n) is 3.74. The molecular weight excluding hydrogens is 170 g/mol. The van der Waals surface area contributed by atoms with Gasteiger partial charge in [-0.3, -0.25) is 9.79 Å². The van der Waals surface area contributed by atoms with Crippen LogP contribution < -0.4 is 0 Å². The fourth-order valence-corrected chi connectivity index (χ4v) is 0.798. The minimum atomic E-state index is -0.206. The number of nitrogens with zero attached hydrogens (tertiary/aromatic N) is 3. The summed E-state index contributed by atoms with van der Waals surface area (Å²) >= 11 is 0. The van der Waals surface area contributed by atoms with Crippen LogP contribution in [-0.2, 0) is 6.54 Å². The molecule has 1 rings (SSSR count). The highest BCUT2D eigenvalue weighted by molar-refractivity contribution is 5.90. The fraction of sp³-hybridized carbons (Fsp3) is 0.375. The Balaban J connectivity index is 2.79. The SMILES string of the molecule is C=NCc1ncc(C(=O)N(C)C)o1. The van der Waals surface area contributed by atoms with Crippen molar-refractivity contribution in [3.8, 4) is 0 Å². The first-order chi connectivity index (χ1) is 6.15. The number of carbonyl (C=O) groups excluding carboxylic acids is 1. The third-order valence-corrected chi connectivity index (χ3v) is 1.42. The molecule has 1 heterocycles. The molecule has 0 saturated carbocycles. The molecule has 0 aromatic carbocycles. The van der Waals surface area contributed by atoms with Gasteiger partial charge in [-0.05, 0) is 6.72 Å². The molecule has 70 valence electrons. The van der Waals surface area contributed by atoms with Gasteiger partial charge in [0.15, 0.2) is 0 Å². The Hall–Kier alpha value is -1.65. The predicted octanol–water partition coefficient (Wildman–Crippen LogP) is 0.577. The highest BCUT2D eigenvalue weighted by Gasteiger charge is 2.13. The van der Waals surface area contributed by atoms with E-state index in [4.69, 9.17) is 4.42 Å². The molecule has 1 amide bonds. The molecule has 13 heavy (non-hydrogen) atoms. The number of aliphatic imine (C=N–C) groups is 1. The molecule has 1 aromatic heterocycles. The van der Waals surface area contributed by atoms with Crippen molar-refractivity contribution in [1.29, 1.82) is 0 Å². The van der Waals surface area contributed by atoms with Gasteiger partial charge >= 0.3 is 0 Å². The second-order valence-corrected chi connectivity index (χ2v) is 2.70. The van der Waals surface area contributed by atoms with Gasteiger partial charge in [0.05, 0.1) is 6.20 Å². The van der Waals surface area contributed by atoms with E-state index < -0.39 is 0 Å². The Labute approximate surface area is 76.1 Å². The monoisotopic (exact) mass is 181 g/mol. The van der Waals surface area contributed by atoms with Gasteiger partial charge in [0.25, 0.3) is 5.91 Å². The molecular formula is C8H11N3O2. The van der Waals surface area contributed by atoms with Crippen LogP contribution in [0.25, 0.3) is 0 Å². The molecule has 0 aliphatic heterocycles. The molecule has 0 spiro atoms. The molecule has 0 N–H and O–H groups in total. The summed E-state index contributed by atoms with van der Waals surface area (Å²) in [5.74, 6) is 0.423. The maximum absolute atomic E-state index is 11.3. The molecule has 0 atom stereocenters. The zero-order valence-corrected chi connectivity index (χ0v) is 7.65. The van der Waals surface area contributed by atoms with Crippen molar-refractivity contribution >= 4 is 12.6 Å². The largest absolute Gasteiger partial charge is 0.433 e. The Bertz CT molecular complexity index is 317. The molecule has 0 aliphatic carbocycles. The summed E-state index contributed by atoms with van der Waals surface area (Å²) in [6, 6.07) is 0. The Morgan fingerprint density at radius 1 is 1.77 bits per heavy atom. The second-order valence-electron chi connectivity index (χ2n) is 2.70. The number of hydrogen-bond donors (Lipinski definition) is 0. The van der Waals surface area contributed by atoms with Gasteiger partial charge in [-0.15, -0.1) is 0 Å². The molecule has 0 saturated heterocycles. The second kappa shape index (κ2) is 3.84. The van der Waals surface area contributed by atoms with Gasteiger partial charge in [0.1, 0.15) is 6.54 Å². The minimum absolute atomic E-state index is 0.206. The number of rotatable bonds is 3. The van der Waals surface area contributed by atoms with Gasteiger partial charge in [-0.2, -0.15) is 0 Å². The third-order valence-electron chi connectivity index (χ3n) is 1.42. The standard InChI is InChI=1S/C8H11N3O2/c1-9-5-7-10-4-6(13-7)8(12)11(2)3/h4H,1,5H2,2-3H3. The molecule has 0 radical (unpaired) electrons. The van der Waals surface area contributed by atoms with Gasteiger partial charge in [-0.1, -0.05) is 0 Å². The van der Waals surface area contributed by atoms with Crippen molar-refractivity contribution in [2.75, 3.05) is 14.1 Å². The number of oxazole rings is 1. The smallest absolute Gasteiger partial charge is 0.290 e. The Morgan fingerprint density at radius 3 is 3.00 bits per heavy atom. The summed E-state index contributed by atoms with van der Waals surface area (Å²) < 4.78 is 5.11. The normalized spacial score (nSPS) is 9.69. The van der Waals surface area contributed by atoms with E-state index in [1.165, 1.54) is 11.1 Å². The molecule has 0 unspecified atom stereocenters. The van der Waals surface area contributed by atoms with Crippen LogP contribution in [0.2, 0.25) is 0 Å². The lowest BCUT2D eigenvalue weighted by Gasteiger charge is -2.05. The predicted molar refractivity (Wildman–Crippen MR) is 47.8 cm³/mol. The average Bonchev–Trinajstić information content (AvgIpc) is 2.52. The van der Waals surface area contributed by atoms with Crippen LogP contribution >= 0.6 is 0 Å². The van der Waals surface area contributed by atoms with Crippen molar-refractivity contribution in [2.45, 2.75) is 6.54 Å². The Kier molecular flexibility index (Phi) is 2.79. The summed E-state index contributed by atoms with van der Waals surface area (Å²) in [4.78, 5) is 20.2. The first-order valence-corrected chi connectivity index (χ1v) is 3.74. The van der Waals surface area contributed by atoms with E-state index in [0.717, 1.165) is 0 Å². The van der Waals surface area contributed by atoms with Crippen molar-refractivity contribution < 1.29 is 9.21 Å². The van der Waals surface area contributed by atoms with Crippen molar-refractivity contribution in [1.82, 2.24) is 9.88 Å². The van der Waals surface area contributed by atoms with Crippen LogP contribution in [0.1, 0.15) is 16.4 Å². The van der Waals surface area contributed by atoms with E-state index in [2.05, 4.69) is 16.7 Å². The quantitative estimate of drug-likeness (QED) is 0.641. The molecule has 0 bridgehead atoms. The van der Waals surface area contributed by atoms with Crippen LogP contribution in [-0.4, -0.2) is 36.6 Å². The molecule has 1 aromatic rings. The molecule has 5 heteroatoms. The lowest BCUT2D eigenvalue weighted by atomic mass is 10.4. The van der Waals surface area contributed by atoms with Crippen LogP contribution in [0.3, 0.4) is 0 Å². The van der Waals surface area contributed by atoms with Crippen molar-refractivity contribution in [3.63, 3.8) is 0 Å². The minimum Gasteiger partial charge on any atom is -0.433 e. The van der Waals surface area contributed by atoms with Crippen molar-refractivity contribution in [3.05, 3.63) is 17.8 Å². The number of carbonyl (C=O) groups is 1. The van der Waals surface area contributed by atoms with Crippen LogP contribution in [0.4, 0.5) is 0 Å². The Morgan fingerprint density at radius 2 is 2.46 bits per heavy atom. The average molecular weight is 181 g/mol. The van der Waals surface area contributed by atoms with Crippen LogP contribution in [0.15, 0.2) is 15.6 Å². The summed E-state index contributed by atoms with van der Waals surface area (Å²) in [5, 5.41) is 0. The van der Waals surface area contributed by atoms with Crippen LogP contribution in [0.5, 0.6) is 0 Å². The van der Waals surface area contributed by atoms with Crippen LogP contribution in [0, 0.1) is 0 Å². The summed E-state index contributed by atoms with van der Waals surface area (Å²) in [7, 11) is 3.30. The van der Waals surface area contributed by atoms with Crippen molar-refractivity contribution in [2.24, 2.45) is 4.99 Å². The van der Waals surface area contributed by atoms with E-state index >= 15 is 0 Å². The maximum Gasteiger partial charge on any atom is 0.290 e. The first kappa shape index (κ1) is 9.44.